The summed E-state index contributed by atoms with van der Waals surface area (Å²) in [6, 6.07) is 11.4. The van der Waals surface area contributed by atoms with Crippen LogP contribution in [0.5, 0.6) is 0 Å². The number of piperidine rings is 1. The summed E-state index contributed by atoms with van der Waals surface area (Å²) in [6.07, 6.45) is 4.19. The van der Waals surface area contributed by atoms with Gasteiger partial charge < -0.3 is 15.2 Å². The molecule has 0 spiro atoms. The van der Waals surface area contributed by atoms with Crippen molar-refractivity contribution in [1.82, 2.24) is 20.1 Å². The Balaban J connectivity index is 1.40. The number of anilines is 1. The van der Waals surface area contributed by atoms with Gasteiger partial charge in [0.1, 0.15) is 5.82 Å². The van der Waals surface area contributed by atoms with Crippen molar-refractivity contribution in [3.05, 3.63) is 58.5 Å². The largest absolute Gasteiger partial charge is 0.361 e. The van der Waals surface area contributed by atoms with Crippen molar-refractivity contribution in [3.8, 4) is 0 Å². The molecule has 0 saturated carbocycles. The third-order valence-electron chi connectivity index (χ3n) is 5.08. The molecule has 7 nitrogen and oxygen atoms in total. The smallest absolute Gasteiger partial charge is 0.266 e. The van der Waals surface area contributed by atoms with Gasteiger partial charge in [-0.3, -0.25) is 9.59 Å². The van der Waals surface area contributed by atoms with Crippen molar-refractivity contribution < 1.29 is 4.79 Å². The highest BCUT2D eigenvalue weighted by atomic mass is 16.1. The Hall–Kier alpha value is -3.09. The molecule has 1 atom stereocenters. The Bertz CT molecular complexity index is 1020. The van der Waals surface area contributed by atoms with Crippen molar-refractivity contribution in [1.29, 1.82) is 0 Å². The van der Waals surface area contributed by atoms with Gasteiger partial charge in [-0.25, -0.2) is 4.68 Å². The number of carbonyl (C=O) groups excluding carboxylic acids is 1. The van der Waals surface area contributed by atoms with Crippen LogP contribution in [0.2, 0.25) is 0 Å². The predicted molar refractivity (Wildman–Crippen MR) is 105 cm³/mol. The molecule has 27 heavy (non-hydrogen) atoms. The molecule has 1 amide bonds. The number of H-pyrrole nitrogens is 1. The van der Waals surface area contributed by atoms with Gasteiger partial charge in [0.05, 0.1) is 6.42 Å². The average molecular weight is 365 g/mol. The number of benzene rings is 1. The minimum Gasteiger partial charge on any atom is -0.361 e. The van der Waals surface area contributed by atoms with Crippen LogP contribution in [0.4, 0.5) is 5.82 Å². The number of nitrogens with one attached hydrogen (secondary N) is 2. The molecule has 1 aliphatic heterocycles. The Labute approximate surface area is 157 Å². The van der Waals surface area contributed by atoms with Gasteiger partial charge in [-0.05, 0) is 30.5 Å². The summed E-state index contributed by atoms with van der Waals surface area (Å²) < 4.78 is 1.34. The molecule has 0 bridgehead atoms. The molecule has 1 fully saturated rings. The fourth-order valence-corrected chi connectivity index (χ4v) is 3.69. The summed E-state index contributed by atoms with van der Waals surface area (Å²) in [7, 11) is 1.65. The van der Waals surface area contributed by atoms with E-state index < -0.39 is 0 Å². The lowest BCUT2D eigenvalue weighted by Gasteiger charge is -2.33. The minimum absolute atomic E-state index is 0.0278. The van der Waals surface area contributed by atoms with E-state index >= 15 is 0 Å². The third kappa shape index (κ3) is 3.72. The molecule has 4 rings (SSSR count). The van der Waals surface area contributed by atoms with Gasteiger partial charge in [0.2, 0.25) is 5.91 Å². The highest BCUT2D eigenvalue weighted by Gasteiger charge is 2.23. The maximum absolute atomic E-state index is 12.6. The standard InChI is InChI=1S/C20H23N5O2/c1-24-20(27)9-8-18(23-24)25-10-4-5-15(13-25)22-19(26)11-14-12-21-17-7-3-2-6-16(14)17/h2-3,6-9,12,15,21H,4-5,10-11,13H2,1H3,(H,22,26). The van der Waals surface area contributed by atoms with Gasteiger partial charge in [0.25, 0.3) is 5.56 Å². The number of rotatable bonds is 4. The lowest BCUT2D eigenvalue weighted by atomic mass is 10.0. The molecule has 2 N–H and O–H groups in total. The fourth-order valence-electron chi connectivity index (χ4n) is 3.69. The van der Waals surface area contributed by atoms with Crippen molar-refractivity contribution in [3.63, 3.8) is 0 Å². The normalized spacial score (nSPS) is 17.2. The van der Waals surface area contributed by atoms with Crippen LogP contribution >= 0.6 is 0 Å². The summed E-state index contributed by atoms with van der Waals surface area (Å²) in [5.74, 6) is 0.799. The van der Waals surface area contributed by atoms with Crippen molar-refractivity contribution >= 4 is 22.6 Å². The molecular formula is C20H23N5O2. The van der Waals surface area contributed by atoms with Crippen LogP contribution in [0.15, 0.2) is 47.4 Å². The van der Waals surface area contributed by atoms with E-state index in [0.29, 0.717) is 13.0 Å². The number of carbonyl (C=O) groups is 1. The molecule has 1 saturated heterocycles. The van der Waals surface area contributed by atoms with E-state index in [1.54, 1.807) is 13.1 Å². The minimum atomic E-state index is -0.126. The van der Waals surface area contributed by atoms with Crippen LogP contribution in [-0.4, -0.2) is 39.8 Å². The first-order chi connectivity index (χ1) is 13.1. The van der Waals surface area contributed by atoms with Gasteiger partial charge >= 0.3 is 0 Å². The molecule has 1 aromatic carbocycles. The van der Waals surface area contributed by atoms with E-state index in [1.807, 2.05) is 30.5 Å². The molecule has 3 aromatic rings. The van der Waals surface area contributed by atoms with Crippen LogP contribution in [0.1, 0.15) is 18.4 Å². The van der Waals surface area contributed by atoms with Crippen LogP contribution in [-0.2, 0) is 18.3 Å². The van der Waals surface area contributed by atoms with Gasteiger partial charge in [-0.15, -0.1) is 0 Å². The second-order valence-electron chi connectivity index (χ2n) is 7.04. The van der Waals surface area contributed by atoms with Crippen LogP contribution in [0.25, 0.3) is 10.9 Å². The Morgan fingerprint density at radius 3 is 3.00 bits per heavy atom. The summed E-state index contributed by atoms with van der Waals surface area (Å²) in [5.41, 5.74) is 1.93. The SMILES string of the molecule is Cn1nc(N2CCCC(NC(=O)Cc3c[nH]c4ccccc34)C2)ccc1=O. The van der Waals surface area contributed by atoms with Gasteiger partial charge in [0, 0.05) is 49.3 Å². The zero-order chi connectivity index (χ0) is 18.8. The van der Waals surface area contributed by atoms with E-state index in [2.05, 4.69) is 20.3 Å². The van der Waals surface area contributed by atoms with E-state index in [0.717, 1.165) is 41.7 Å². The summed E-state index contributed by atoms with van der Waals surface area (Å²) >= 11 is 0. The first kappa shape index (κ1) is 17.3. The van der Waals surface area contributed by atoms with E-state index in [-0.39, 0.29) is 17.5 Å². The molecule has 140 valence electrons. The number of para-hydroxylation sites is 1. The fraction of sp³-hybridized carbons (Fsp3) is 0.350. The van der Waals surface area contributed by atoms with E-state index in [9.17, 15) is 9.59 Å². The van der Waals surface area contributed by atoms with Crippen molar-refractivity contribution in [2.45, 2.75) is 25.3 Å². The average Bonchev–Trinajstić information content (AvgIpc) is 3.07. The number of aryl methyl sites for hydroxylation is 1. The number of hydrogen-bond acceptors (Lipinski definition) is 4. The molecule has 1 unspecified atom stereocenters. The Kier molecular flexibility index (Phi) is 4.66. The molecule has 7 heteroatoms. The predicted octanol–water partition coefficient (Wildman–Crippen LogP) is 1.59. The lowest BCUT2D eigenvalue weighted by molar-refractivity contribution is -0.121. The monoisotopic (exact) mass is 365 g/mol. The number of aromatic amines is 1. The van der Waals surface area contributed by atoms with Gasteiger partial charge in [-0.1, -0.05) is 18.2 Å². The van der Waals surface area contributed by atoms with E-state index in [4.69, 9.17) is 0 Å². The molecule has 2 aromatic heterocycles. The molecule has 0 aliphatic carbocycles. The number of aromatic nitrogens is 3. The quantitative estimate of drug-likeness (QED) is 0.736. The van der Waals surface area contributed by atoms with Crippen LogP contribution in [0.3, 0.4) is 0 Å². The van der Waals surface area contributed by atoms with Crippen LogP contribution < -0.4 is 15.8 Å². The number of amides is 1. The zero-order valence-electron chi connectivity index (χ0n) is 15.3. The first-order valence-electron chi connectivity index (χ1n) is 9.24. The molecule has 0 radical (unpaired) electrons. The second kappa shape index (κ2) is 7.26. The van der Waals surface area contributed by atoms with Gasteiger partial charge in [0.15, 0.2) is 0 Å². The van der Waals surface area contributed by atoms with Gasteiger partial charge in [-0.2, -0.15) is 5.10 Å². The summed E-state index contributed by atoms with van der Waals surface area (Å²) in [5, 5.41) is 8.57. The molecular weight excluding hydrogens is 342 g/mol. The summed E-state index contributed by atoms with van der Waals surface area (Å²) in [4.78, 5) is 29.4. The molecule has 1 aliphatic rings. The number of nitrogens with zero attached hydrogens (tertiary/aromatic N) is 3. The molecule has 3 heterocycles. The number of fused-ring (bicyclic) bond motifs is 1. The topological polar surface area (TPSA) is 83.0 Å². The maximum atomic E-state index is 12.6. The van der Waals surface area contributed by atoms with E-state index in [1.165, 1.54) is 10.7 Å². The number of hydrogen-bond donors (Lipinski definition) is 2. The van der Waals surface area contributed by atoms with Crippen LogP contribution in [0, 0.1) is 0 Å². The second-order valence-corrected chi connectivity index (χ2v) is 7.04. The summed E-state index contributed by atoms with van der Waals surface area (Å²) in [6.45, 7) is 1.57. The third-order valence-corrected chi connectivity index (χ3v) is 5.08. The highest BCUT2D eigenvalue weighted by molar-refractivity contribution is 5.88. The Morgan fingerprint density at radius 1 is 1.30 bits per heavy atom. The first-order valence-corrected chi connectivity index (χ1v) is 9.24. The lowest BCUT2D eigenvalue weighted by Crippen LogP contribution is -2.48. The maximum Gasteiger partial charge on any atom is 0.266 e. The van der Waals surface area contributed by atoms with Crippen molar-refractivity contribution in [2.24, 2.45) is 7.05 Å². The zero-order valence-corrected chi connectivity index (χ0v) is 15.3. The Morgan fingerprint density at radius 2 is 2.15 bits per heavy atom. The van der Waals surface area contributed by atoms with Crippen molar-refractivity contribution in [2.75, 3.05) is 18.0 Å². The highest BCUT2D eigenvalue weighted by Crippen LogP contribution is 2.19.